The highest BCUT2D eigenvalue weighted by molar-refractivity contribution is 7.80. The maximum Gasteiger partial charge on any atom is 0.205 e. The van der Waals surface area contributed by atoms with Crippen LogP contribution in [0.25, 0.3) is 0 Å². The number of hydrogen-bond acceptors (Lipinski definition) is 4. The van der Waals surface area contributed by atoms with Crippen molar-refractivity contribution in [3.63, 3.8) is 0 Å². The molecule has 2 nitrogen and oxygen atoms in total. The quantitative estimate of drug-likeness (QED) is 0.708. The molecule has 0 aliphatic heterocycles. The lowest BCUT2D eigenvalue weighted by atomic mass is 10.2. The molecule has 0 aliphatic rings. The zero-order chi connectivity index (χ0) is 10.0. The van der Waals surface area contributed by atoms with Crippen molar-refractivity contribution in [1.29, 1.82) is 0 Å². The summed E-state index contributed by atoms with van der Waals surface area (Å²) in [4.78, 5) is 2.13. The number of hydrogen-bond donors (Lipinski definition) is 0. The molecule has 0 fully saturated rings. The number of thiophene rings is 1. The van der Waals surface area contributed by atoms with Crippen LogP contribution in [0.15, 0.2) is 0 Å². The molecule has 0 amide bonds. The second kappa shape index (κ2) is 4.07. The van der Waals surface area contributed by atoms with Crippen LogP contribution >= 0.6 is 23.6 Å². The molecule has 0 radical (unpaired) electrons. The SMILES string of the molecule is COC(=S)c1sc(C)c(C)c1OC. The Morgan fingerprint density at radius 2 is 1.92 bits per heavy atom. The molecule has 1 rings (SSSR count). The summed E-state index contributed by atoms with van der Waals surface area (Å²) in [6.45, 7) is 4.07. The fourth-order valence-electron chi connectivity index (χ4n) is 1.08. The van der Waals surface area contributed by atoms with Gasteiger partial charge >= 0.3 is 0 Å². The molecule has 0 saturated carbocycles. The van der Waals surface area contributed by atoms with Crippen molar-refractivity contribution in [2.24, 2.45) is 0 Å². The number of aryl methyl sites for hydroxylation is 1. The summed E-state index contributed by atoms with van der Waals surface area (Å²) in [5, 5.41) is 0.498. The Kier molecular flexibility index (Phi) is 3.27. The first kappa shape index (κ1) is 10.5. The van der Waals surface area contributed by atoms with Gasteiger partial charge in [0.1, 0.15) is 10.6 Å². The summed E-state index contributed by atoms with van der Waals surface area (Å²) in [7, 11) is 3.22. The fourth-order valence-corrected chi connectivity index (χ4v) is 2.34. The highest BCUT2D eigenvalue weighted by atomic mass is 32.1. The Labute approximate surface area is 87.5 Å². The van der Waals surface area contributed by atoms with Crippen LogP contribution in [-0.2, 0) is 4.74 Å². The van der Waals surface area contributed by atoms with E-state index in [1.54, 1.807) is 25.6 Å². The minimum Gasteiger partial charge on any atom is -0.495 e. The number of rotatable bonds is 2. The van der Waals surface area contributed by atoms with E-state index in [0.717, 1.165) is 16.2 Å². The van der Waals surface area contributed by atoms with E-state index in [-0.39, 0.29) is 0 Å². The molecule has 0 N–H and O–H groups in total. The summed E-state index contributed by atoms with van der Waals surface area (Å²) in [6, 6.07) is 0. The summed E-state index contributed by atoms with van der Waals surface area (Å²) >= 11 is 6.66. The molecule has 0 aromatic carbocycles. The van der Waals surface area contributed by atoms with Crippen molar-refractivity contribution in [2.75, 3.05) is 14.2 Å². The zero-order valence-electron chi connectivity index (χ0n) is 8.13. The van der Waals surface area contributed by atoms with E-state index in [2.05, 4.69) is 0 Å². The minimum atomic E-state index is 0.498. The first-order chi connectivity index (χ1) is 6.11. The minimum absolute atomic E-state index is 0.498. The van der Waals surface area contributed by atoms with Gasteiger partial charge in [0.15, 0.2) is 0 Å². The van der Waals surface area contributed by atoms with E-state index < -0.39 is 0 Å². The van der Waals surface area contributed by atoms with Gasteiger partial charge in [-0.15, -0.1) is 11.3 Å². The molecule has 1 aromatic rings. The maximum atomic E-state index is 5.26. The van der Waals surface area contributed by atoms with Crippen LogP contribution < -0.4 is 4.74 Å². The number of thiocarbonyl (C=S) groups is 1. The molecular formula is C9H12O2S2. The summed E-state index contributed by atoms with van der Waals surface area (Å²) < 4.78 is 10.3. The van der Waals surface area contributed by atoms with E-state index in [4.69, 9.17) is 21.7 Å². The van der Waals surface area contributed by atoms with E-state index in [1.165, 1.54) is 4.88 Å². The van der Waals surface area contributed by atoms with Gasteiger partial charge in [-0.3, -0.25) is 0 Å². The second-order valence-electron chi connectivity index (χ2n) is 2.64. The molecule has 4 heteroatoms. The largest absolute Gasteiger partial charge is 0.495 e. The molecule has 1 heterocycles. The monoisotopic (exact) mass is 216 g/mol. The van der Waals surface area contributed by atoms with Crippen molar-refractivity contribution < 1.29 is 9.47 Å². The Morgan fingerprint density at radius 1 is 1.31 bits per heavy atom. The van der Waals surface area contributed by atoms with E-state index in [1.807, 2.05) is 13.8 Å². The van der Waals surface area contributed by atoms with Crippen LogP contribution in [0.3, 0.4) is 0 Å². The van der Waals surface area contributed by atoms with Gasteiger partial charge in [-0.2, -0.15) is 0 Å². The molecular weight excluding hydrogens is 204 g/mol. The number of methoxy groups -OCH3 is 2. The van der Waals surface area contributed by atoms with Crippen LogP contribution in [-0.4, -0.2) is 19.3 Å². The lowest BCUT2D eigenvalue weighted by molar-refractivity contribution is 0.398. The molecule has 0 unspecified atom stereocenters. The Bertz CT molecular complexity index is 329. The normalized spacial score (nSPS) is 9.85. The summed E-state index contributed by atoms with van der Waals surface area (Å²) in [5.74, 6) is 0.842. The predicted octanol–water partition coefficient (Wildman–Crippen LogP) is 2.70. The molecule has 1 aromatic heterocycles. The van der Waals surface area contributed by atoms with Crippen molar-refractivity contribution >= 4 is 28.6 Å². The molecule has 0 atom stereocenters. The standard InChI is InChI=1S/C9H12O2S2/c1-5-6(2)13-8(7(5)10-3)9(12)11-4/h1-4H3. The van der Waals surface area contributed by atoms with Crippen molar-refractivity contribution in [3.8, 4) is 5.75 Å². The molecule has 0 saturated heterocycles. The van der Waals surface area contributed by atoms with E-state index in [0.29, 0.717) is 5.05 Å². The van der Waals surface area contributed by atoms with Gasteiger partial charge in [0, 0.05) is 10.4 Å². The Balaban J connectivity index is 3.21. The fraction of sp³-hybridized carbons (Fsp3) is 0.444. The smallest absolute Gasteiger partial charge is 0.205 e. The van der Waals surface area contributed by atoms with Gasteiger partial charge in [-0.05, 0) is 26.1 Å². The Morgan fingerprint density at radius 3 is 2.38 bits per heavy atom. The van der Waals surface area contributed by atoms with Gasteiger partial charge in [-0.25, -0.2) is 0 Å². The average molecular weight is 216 g/mol. The molecule has 0 aliphatic carbocycles. The molecule has 72 valence electrons. The van der Waals surface area contributed by atoms with Crippen LogP contribution in [0.4, 0.5) is 0 Å². The predicted molar refractivity (Wildman–Crippen MR) is 59.1 cm³/mol. The number of ether oxygens (including phenoxy) is 2. The third-order valence-corrected chi connectivity index (χ3v) is 3.59. The van der Waals surface area contributed by atoms with Crippen molar-refractivity contribution in [1.82, 2.24) is 0 Å². The molecule has 0 bridgehead atoms. The lowest BCUT2D eigenvalue weighted by Crippen LogP contribution is -1.99. The second-order valence-corrected chi connectivity index (χ2v) is 4.23. The highest BCUT2D eigenvalue weighted by Gasteiger charge is 2.16. The van der Waals surface area contributed by atoms with Gasteiger partial charge < -0.3 is 9.47 Å². The lowest BCUT2D eigenvalue weighted by Gasteiger charge is -2.03. The zero-order valence-corrected chi connectivity index (χ0v) is 9.77. The third kappa shape index (κ3) is 1.84. The Hall–Kier alpha value is -0.610. The summed E-state index contributed by atoms with van der Waals surface area (Å²) in [6.07, 6.45) is 0. The average Bonchev–Trinajstić information content (AvgIpc) is 2.42. The maximum absolute atomic E-state index is 5.26. The highest BCUT2D eigenvalue weighted by Crippen LogP contribution is 2.34. The van der Waals surface area contributed by atoms with Crippen LogP contribution in [0.2, 0.25) is 0 Å². The van der Waals surface area contributed by atoms with E-state index in [9.17, 15) is 0 Å². The van der Waals surface area contributed by atoms with Crippen molar-refractivity contribution in [2.45, 2.75) is 13.8 Å². The first-order valence-electron chi connectivity index (χ1n) is 3.84. The van der Waals surface area contributed by atoms with Crippen LogP contribution in [0, 0.1) is 13.8 Å². The molecule has 0 spiro atoms. The third-order valence-electron chi connectivity index (χ3n) is 1.90. The van der Waals surface area contributed by atoms with Crippen LogP contribution in [0.5, 0.6) is 5.75 Å². The van der Waals surface area contributed by atoms with E-state index >= 15 is 0 Å². The van der Waals surface area contributed by atoms with Gasteiger partial charge in [0.2, 0.25) is 5.05 Å². The topological polar surface area (TPSA) is 18.5 Å². The van der Waals surface area contributed by atoms with Gasteiger partial charge in [0.05, 0.1) is 14.2 Å². The molecule has 13 heavy (non-hydrogen) atoms. The first-order valence-corrected chi connectivity index (χ1v) is 5.06. The van der Waals surface area contributed by atoms with Crippen LogP contribution in [0.1, 0.15) is 15.3 Å². The van der Waals surface area contributed by atoms with Crippen molar-refractivity contribution in [3.05, 3.63) is 15.3 Å². The van der Waals surface area contributed by atoms with Gasteiger partial charge in [-0.1, -0.05) is 0 Å². The summed E-state index contributed by atoms with van der Waals surface area (Å²) in [5.41, 5.74) is 1.14. The van der Waals surface area contributed by atoms with Gasteiger partial charge in [0.25, 0.3) is 0 Å².